The number of hydrogen-bond donors (Lipinski definition) is 2. The molecule has 0 aliphatic carbocycles. The summed E-state index contributed by atoms with van der Waals surface area (Å²) in [5.74, 6) is 6.32. The van der Waals surface area contributed by atoms with E-state index in [9.17, 15) is 0 Å². The highest BCUT2D eigenvalue weighted by Gasteiger charge is 2.01. The van der Waals surface area contributed by atoms with E-state index in [4.69, 9.17) is 5.84 Å². The summed E-state index contributed by atoms with van der Waals surface area (Å²) in [6, 6.07) is 1.67. The van der Waals surface area contributed by atoms with Gasteiger partial charge in [0, 0.05) is 24.7 Å². The van der Waals surface area contributed by atoms with Crippen molar-refractivity contribution in [3.63, 3.8) is 0 Å². The van der Waals surface area contributed by atoms with E-state index < -0.39 is 0 Å². The Kier molecular flexibility index (Phi) is 2.28. The molecule has 6 nitrogen and oxygen atoms in total. The first-order chi connectivity index (χ1) is 6.90. The molecule has 0 radical (unpaired) electrons. The quantitative estimate of drug-likeness (QED) is 0.517. The molecule has 0 bridgehead atoms. The number of nitrogens with one attached hydrogen (secondary N) is 1. The fraction of sp³-hybridized carbons (Fsp3) is 0. The van der Waals surface area contributed by atoms with Crippen molar-refractivity contribution in [2.45, 2.75) is 0 Å². The average molecular weight is 188 g/mol. The summed E-state index contributed by atoms with van der Waals surface area (Å²) >= 11 is 0. The fourth-order valence-electron chi connectivity index (χ4n) is 0.993. The maximum absolute atomic E-state index is 5.23. The maximum Gasteiger partial charge on any atom is 0.164 e. The summed E-state index contributed by atoms with van der Waals surface area (Å²) < 4.78 is 0. The SMILES string of the molecule is NNc1ccnc(-c2cncnc2)n1. The molecule has 0 amide bonds. The molecule has 0 aliphatic rings. The van der Waals surface area contributed by atoms with Crippen LogP contribution in [-0.4, -0.2) is 19.9 Å². The lowest BCUT2D eigenvalue weighted by atomic mass is 10.3. The summed E-state index contributed by atoms with van der Waals surface area (Å²) in [7, 11) is 0. The lowest BCUT2D eigenvalue weighted by Gasteiger charge is -2.01. The Morgan fingerprint density at radius 3 is 2.71 bits per heavy atom. The van der Waals surface area contributed by atoms with Crippen molar-refractivity contribution < 1.29 is 0 Å². The zero-order valence-corrected chi connectivity index (χ0v) is 7.25. The zero-order valence-electron chi connectivity index (χ0n) is 7.25. The van der Waals surface area contributed by atoms with Gasteiger partial charge in [0.25, 0.3) is 0 Å². The normalized spacial score (nSPS) is 9.79. The Morgan fingerprint density at radius 2 is 2.00 bits per heavy atom. The summed E-state index contributed by atoms with van der Waals surface area (Å²) in [6.07, 6.45) is 6.35. The third kappa shape index (κ3) is 1.64. The minimum Gasteiger partial charge on any atom is -0.308 e. The van der Waals surface area contributed by atoms with Crippen LogP contribution < -0.4 is 11.3 Å². The van der Waals surface area contributed by atoms with Gasteiger partial charge >= 0.3 is 0 Å². The van der Waals surface area contributed by atoms with E-state index in [1.165, 1.54) is 6.33 Å². The topological polar surface area (TPSA) is 89.6 Å². The van der Waals surface area contributed by atoms with E-state index >= 15 is 0 Å². The van der Waals surface area contributed by atoms with E-state index in [0.717, 1.165) is 5.56 Å². The monoisotopic (exact) mass is 188 g/mol. The highest BCUT2D eigenvalue weighted by Crippen LogP contribution is 2.12. The smallest absolute Gasteiger partial charge is 0.164 e. The van der Waals surface area contributed by atoms with E-state index in [-0.39, 0.29) is 0 Å². The number of nitrogens with zero attached hydrogens (tertiary/aromatic N) is 4. The Morgan fingerprint density at radius 1 is 1.21 bits per heavy atom. The number of nitrogen functional groups attached to an aromatic ring is 1. The number of nitrogens with two attached hydrogens (primary N) is 1. The molecule has 6 heteroatoms. The minimum atomic E-state index is 0.543. The lowest BCUT2D eigenvalue weighted by Crippen LogP contribution is -2.09. The molecule has 0 aromatic carbocycles. The molecule has 3 N–H and O–H groups in total. The van der Waals surface area contributed by atoms with Gasteiger partial charge in [-0.2, -0.15) is 0 Å². The molecule has 0 unspecified atom stereocenters. The number of rotatable bonds is 2. The van der Waals surface area contributed by atoms with Crippen LogP contribution in [-0.2, 0) is 0 Å². The van der Waals surface area contributed by atoms with Crippen molar-refractivity contribution in [1.82, 2.24) is 19.9 Å². The Bertz CT molecular complexity index is 415. The Balaban J connectivity index is 2.42. The van der Waals surface area contributed by atoms with Crippen molar-refractivity contribution in [2.75, 3.05) is 5.43 Å². The molecule has 2 aromatic heterocycles. The molecule has 0 spiro atoms. The fourth-order valence-corrected chi connectivity index (χ4v) is 0.993. The molecule has 2 heterocycles. The van der Waals surface area contributed by atoms with E-state index in [1.807, 2.05) is 0 Å². The van der Waals surface area contributed by atoms with Gasteiger partial charge in [0.05, 0.1) is 5.56 Å². The molecular formula is C8H8N6. The van der Waals surface area contributed by atoms with Gasteiger partial charge in [-0.15, -0.1) is 0 Å². The second-order valence-electron chi connectivity index (χ2n) is 2.54. The summed E-state index contributed by atoms with van der Waals surface area (Å²) in [5.41, 5.74) is 3.20. The standard InChI is InChI=1S/C8H8N6/c9-14-7-1-2-12-8(13-7)6-3-10-5-11-4-6/h1-5H,9H2,(H,12,13,14). The molecule has 0 fully saturated rings. The average Bonchev–Trinajstić information content (AvgIpc) is 2.30. The second kappa shape index (κ2) is 3.75. The first kappa shape index (κ1) is 8.52. The molecule has 70 valence electrons. The second-order valence-corrected chi connectivity index (χ2v) is 2.54. The molecule has 0 saturated heterocycles. The predicted molar refractivity (Wildman–Crippen MR) is 50.9 cm³/mol. The van der Waals surface area contributed by atoms with Crippen LogP contribution in [0.15, 0.2) is 31.0 Å². The van der Waals surface area contributed by atoms with Crippen molar-refractivity contribution in [1.29, 1.82) is 0 Å². The van der Waals surface area contributed by atoms with Gasteiger partial charge in [0.2, 0.25) is 0 Å². The molecule has 0 saturated carbocycles. The Labute approximate surface area is 80.2 Å². The van der Waals surface area contributed by atoms with E-state index in [1.54, 1.807) is 24.7 Å². The van der Waals surface area contributed by atoms with Gasteiger partial charge in [0.1, 0.15) is 12.1 Å². The van der Waals surface area contributed by atoms with Crippen molar-refractivity contribution in [3.05, 3.63) is 31.0 Å². The number of hydrazine groups is 1. The third-order valence-corrected chi connectivity index (χ3v) is 1.62. The summed E-state index contributed by atoms with van der Waals surface area (Å²) in [5, 5.41) is 0. The van der Waals surface area contributed by atoms with Gasteiger partial charge in [-0.05, 0) is 0 Å². The van der Waals surface area contributed by atoms with Crippen molar-refractivity contribution in [2.24, 2.45) is 5.84 Å². The predicted octanol–water partition coefficient (Wildman–Crippen LogP) is 0.219. The van der Waals surface area contributed by atoms with Crippen molar-refractivity contribution >= 4 is 5.82 Å². The Hall–Kier alpha value is -2.08. The van der Waals surface area contributed by atoms with Gasteiger partial charge in [0.15, 0.2) is 5.82 Å². The van der Waals surface area contributed by atoms with Crippen LogP contribution in [0.5, 0.6) is 0 Å². The molecule has 0 aliphatic heterocycles. The zero-order chi connectivity index (χ0) is 9.80. The molecular weight excluding hydrogens is 180 g/mol. The van der Waals surface area contributed by atoms with Crippen LogP contribution >= 0.6 is 0 Å². The number of anilines is 1. The first-order valence-corrected chi connectivity index (χ1v) is 3.95. The number of aromatic nitrogens is 4. The van der Waals surface area contributed by atoms with E-state index in [2.05, 4.69) is 25.4 Å². The molecule has 14 heavy (non-hydrogen) atoms. The van der Waals surface area contributed by atoms with Crippen LogP contribution in [0.25, 0.3) is 11.4 Å². The van der Waals surface area contributed by atoms with E-state index in [0.29, 0.717) is 11.6 Å². The van der Waals surface area contributed by atoms with Crippen LogP contribution in [0, 0.1) is 0 Å². The third-order valence-electron chi connectivity index (χ3n) is 1.62. The van der Waals surface area contributed by atoms with Crippen LogP contribution in [0.1, 0.15) is 0 Å². The highest BCUT2D eigenvalue weighted by atomic mass is 15.3. The summed E-state index contributed by atoms with van der Waals surface area (Å²) in [6.45, 7) is 0. The maximum atomic E-state index is 5.23. The van der Waals surface area contributed by atoms with Gasteiger partial charge in [-0.25, -0.2) is 25.8 Å². The van der Waals surface area contributed by atoms with Gasteiger partial charge in [-0.1, -0.05) is 0 Å². The molecule has 0 atom stereocenters. The van der Waals surface area contributed by atoms with Gasteiger partial charge < -0.3 is 5.43 Å². The number of hydrogen-bond acceptors (Lipinski definition) is 6. The lowest BCUT2D eigenvalue weighted by molar-refractivity contribution is 1.11. The van der Waals surface area contributed by atoms with Crippen LogP contribution in [0.2, 0.25) is 0 Å². The first-order valence-electron chi connectivity index (χ1n) is 3.95. The van der Waals surface area contributed by atoms with Crippen LogP contribution in [0.4, 0.5) is 5.82 Å². The highest BCUT2D eigenvalue weighted by molar-refractivity contribution is 5.53. The summed E-state index contributed by atoms with van der Waals surface area (Å²) in [4.78, 5) is 16.0. The van der Waals surface area contributed by atoms with Crippen LogP contribution in [0.3, 0.4) is 0 Å². The minimum absolute atomic E-state index is 0.543. The molecule has 2 aromatic rings. The largest absolute Gasteiger partial charge is 0.308 e. The van der Waals surface area contributed by atoms with Crippen molar-refractivity contribution in [3.8, 4) is 11.4 Å². The molecule has 2 rings (SSSR count). The van der Waals surface area contributed by atoms with Gasteiger partial charge in [-0.3, -0.25) is 0 Å².